The molecule has 0 spiro atoms. The molecule has 2 aromatic carbocycles. The summed E-state index contributed by atoms with van der Waals surface area (Å²) < 4.78 is 0. The molecule has 0 nitrogen and oxygen atoms in total. The van der Waals surface area contributed by atoms with Crippen LogP contribution >= 0.6 is 39.1 Å². The van der Waals surface area contributed by atoms with E-state index in [0.717, 1.165) is 0 Å². The van der Waals surface area contributed by atoms with Gasteiger partial charge in [-0.25, -0.2) is 0 Å². The lowest BCUT2D eigenvalue weighted by molar-refractivity contribution is 0.808. The third-order valence-corrected chi connectivity index (χ3v) is 12.0. The quantitative estimate of drug-likeness (QED) is 0.500. The third-order valence-electron chi connectivity index (χ3n) is 4.17. The second-order valence-corrected chi connectivity index (χ2v) is 11.5. The summed E-state index contributed by atoms with van der Waals surface area (Å²) in [6.07, 6.45) is 3.80. The van der Waals surface area contributed by atoms with Gasteiger partial charge >= 0.3 is 0 Å². The van der Waals surface area contributed by atoms with E-state index < -0.39 is 7.26 Å². The molecule has 0 N–H and O–H groups in total. The van der Waals surface area contributed by atoms with Crippen molar-refractivity contribution in [3.05, 3.63) is 60.7 Å². The Morgan fingerprint density at radius 3 is 1.70 bits per heavy atom. The van der Waals surface area contributed by atoms with Gasteiger partial charge in [0.25, 0.3) is 0 Å². The smallest absolute Gasteiger partial charge is 0.0876 e. The van der Waals surface area contributed by atoms with Crippen molar-refractivity contribution in [3.63, 3.8) is 0 Å². The van der Waals surface area contributed by atoms with Gasteiger partial charge in [-0.3, -0.25) is 0 Å². The minimum absolute atomic E-state index is 0.560. The summed E-state index contributed by atoms with van der Waals surface area (Å²) in [6.45, 7) is 0. The van der Waals surface area contributed by atoms with Gasteiger partial charge in [0.1, 0.15) is 0 Å². The van der Waals surface area contributed by atoms with E-state index in [1.807, 2.05) is 0 Å². The second-order valence-electron chi connectivity index (χ2n) is 5.37. The zero-order chi connectivity index (χ0) is 14.0. The summed E-state index contributed by atoms with van der Waals surface area (Å²) in [5, 5.41) is 3.10. The number of halogens is 2. The predicted octanol–water partition coefficient (Wildman–Crippen LogP) is 4.59. The molecule has 1 fully saturated rings. The van der Waals surface area contributed by atoms with Crippen molar-refractivity contribution < 1.29 is 0 Å². The Kier molecular flexibility index (Phi) is 4.65. The maximum atomic E-state index is 3.90. The van der Waals surface area contributed by atoms with Crippen molar-refractivity contribution in [2.45, 2.75) is 16.1 Å². The van der Waals surface area contributed by atoms with Crippen LogP contribution in [0.15, 0.2) is 60.7 Å². The van der Waals surface area contributed by atoms with Gasteiger partial charge < -0.3 is 0 Å². The molecule has 3 rings (SSSR count). The molecule has 1 aliphatic heterocycles. The molecule has 0 radical (unpaired) electrons. The largest absolute Gasteiger partial charge is 0.0992 e. The number of alkyl halides is 2. The van der Waals surface area contributed by atoms with E-state index in [9.17, 15) is 0 Å². The first-order valence-electron chi connectivity index (χ1n) is 6.99. The fourth-order valence-corrected chi connectivity index (χ4v) is 10.4. The minimum Gasteiger partial charge on any atom is -0.0876 e. The van der Waals surface area contributed by atoms with Crippen molar-refractivity contribution in [3.8, 4) is 0 Å². The molecule has 0 amide bonds. The van der Waals surface area contributed by atoms with E-state index in [4.69, 9.17) is 0 Å². The van der Waals surface area contributed by atoms with Crippen LogP contribution in [0.3, 0.4) is 0 Å². The van der Waals surface area contributed by atoms with Crippen LogP contribution in [0, 0.1) is 0 Å². The van der Waals surface area contributed by atoms with Gasteiger partial charge in [0.15, 0.2) is 0 Å². The van der Waals surface area contributed by atoms with Gasteiger partial charge in [-0.2, -0.15) is 0 Å². The van der Waals surface area contributed by atoms with Gasteiger partial charge in [-0.1, -0.05) is 68.3 Å². The van der Waals surface area contributed by atoms with Gasteiger partial charge in [0, 0.05) is 4.83 Å². The lowest BCUT2D eigenvalue weighted by Gasteiger charge is -2.35. The Labute approximate surface area is 138 Å². The van der Waals surface area contributed by atoms with Crippen LogP contribution in [0.2, 0.25) is 0 Å². The Morgan fingerprint density at radius 1 is 0.750 bits per heavy atom. The van der Waals surface area contributed by atoms with Crippen LogP contribution in [-0.4, -0.2) is 22.0 Å². The number of benzene rings is 2. The lowest BCUT2D eigenvalue weighted by Crippen LogP contribution is -2.38. The minimum atomic E-state index is -1.27. The Morgan fingerprint density at radius 2 is 1.25 bits per heavy atom. The average molecular weight is 413 g/mol. The maximum absolute atomic E-state index is 3.90. The van der Waals surface area contributed by atoms with Crippen LogP contribution in [0.1, 0.15) is 6.42 Å². The molecule has 2 unspecified atom stereocenters. The van der Waals surface area contributed by atoms with Crippen LogP contribution in [0.4, 0.5) is 0 Å². The van der Waals surface area contributed by atoms with E-state index in [1.165, 1.54) is 18.7 Å². The summed E-state index contributed by atoms with van der Waals surface area (Å²) in [5.74, 6) is 0. The van der Waals surface area contributed by atoms with E-state index in [0.29, 0.717) is 9.65 Å². The predicted molar refractivity (Wildman–Crippen MR) is 98.9 cm³/mol. The zero-order valence-electron chi connectivity index (χ0n) is 11.3. The topological polar surface area (TPSA) is 0 Å². The molecular formula is C17H18Br2P+. The summed E-state index contributed by atoms with van der Waals surface area (Å²) in [7, 11) is -1.27. The molecule has 3 heteroatoms. The molecular weight excluding hydrogens is 395 g/mol. The van der Waals surface area contributed by atoms with Crippen LogP contribution in [0.25, 0.3) is 0 Å². The van der Waals surface area contributed by atoms with Gasteiger partial charge in [-0.15, -0.1) is 0 Å². The summed E-state index contributed by atoms with van der Waals surface area (Å²) >= 11 is 7.73. The van der Waals surface area contributed by atoms with Gasteiger partial charge in [0.05, 0.1) is 35.0 Å². The first kappa shape index (κ1) is 14.8. The van der Waals surface area contributed by atoms with E-state index in [1.54, 1.807) is 10.6 Å². The fraction of sp³-hybridized carbons (Fsp3) is 0.294. The first-order valence-corrected chi connectivity index (χ1v) is 11.0. The molecule has 0 aliphatic carbocycles. The van der Waals surface area contributed by atoms with E-state index >= 15 is 0 Å². The van der Waals surface area contributed by atoms with Gasteiger partial charge in [-0.05, 0) is 30.7 Å². The fourth-order valence-electron chi connectivity index (χ4n) is 3.07. The average Bonchev–Trinajstić information content (AvgIpc) is 2.52. The molecule has 1 saturated heterocycles. The van der Waals surface area contributed by atoms with E-state index in [-0.39, 0.29) is 0 Å². The van der Waals surface area contributed by atoms with Crippen molar-refractivity contribution in [1.82, 2.24) is 0 Å². The van der Waals surface area contributed by atoms with Crippen molar-refractivity contribution in [2.75, 3.05) is 12.3 Å². The second kappa shape index (κ2) is 6.30. The van der Waals surface area contributed by atoms with Crippen LogP contribution in [-0.2, 0) is 0 Å². The zero-order valence-corrected chi connectivity index (χ0v) is 15.3. The van der Waals surface area contributed by atoms with Crippen LogP contribution < -0.4 is 10.6 Å². The molecule has 2 aromatic rings. The molecule has 1 heterocycles. The normalized spacial score (nSPS) is 25.3. The Bertz CT molecular complexity index is 516. The highest BCUT2D eigenvalue weighted by molar-refractivity contribution is 9.12. The number of rotatable bonds is 2. The van der Waals surface area contributed by atoms with Crippen LogP contribution in [0.5, 0.6) is 0 Å². The lowest BCUT2D eigenvalue weighted by atomic mass is 10.3. The number of hydrogen-bond donors (Lipinski definition) is 0. The standard InChI is InChI=1S/C17H18Br2P/c18-16-11-12-20(13-17(16)19,14-7-3-1-4-8-14)15-9-5-2-6-10-15/h1-10,16-17H,11-13H2/q+1. The van der Waals surface area contributed by atoms with Crippen molar-refractivity contribution >= 4 is 49.7 Å². The summed E-state index contributed by atoms with van der Waals surface area (Å²) in [4.78, 5) is 1.16. The SMILES string of the molecule is BrC1CC[P+](c2ccccc2)(c2ccccc2)CC1Br. The summed E-state index contributed by atoms with van der Waals surface area (Å²) in [6, 6.07) is 22.3. The van der Waals surface area contributed by atoms with Crippen molar-refractivity contribution in [1.29, 1.82) is 0 Å². The van der Waals surface area contributed by atoms with Crippen molar-refractivity contribution in [2.24, 2.45) is 0 Å². The number of hydrogen-bond acceptors (Lipinski definition) is 0. The van der Waals surface area contributed by atoms with E-state index in [2.05, 4.69) is 92.5 Å². The highest BCUT2D eigenvalue weighted by Crippen LogP contribution is 2.61. The summed E-state index contributed by atoms with van der Waals surface area (Å²) in [5.41, 5.74) is 0. The third kappa shape index (κ3) is 2.75. The molecule has 0 saturated carbocycles. The highest BCUT2D eigenvalue weighted by atomic mass is 79.9. The molecule has 1 aliphatic rings. The highest BCUT2D eigenvalue weighted by Gasteiger charge is 2.48. The Balaban J connectivity index is 2.09. The van der Waals surface area contributed by atoms with Gasteiger partial charge in [0.2, 0.25) is 0 Å². The monoisotopic (exact) mass is 411 g/mol. The first-order chi connectivity index (χ1) is 9.72. The molecule has 2 atom stereocenters. The molecule has 20 heavy (non-hydrogen) atoms. The molecule has 104 valence electrons. The maximum Gasteiger partial charge on any atom is 0.0992 e. The molecule has 0 bridgehead atoms. The Hall–Kier alpha value is -0.170. The molecule has 0 aromatic heterocycles.